The van der Waals surface area contributed by atoms with Gasteiger partial charge in [-0.3, -0.25) is 9.59 Å². The molecule has 8 nitrogen and oxygen atoms in total. The first-order valence-electron chi connectivity index (χ1n) is 11.5. The molecule has 3 aromatic rings. The number of likely N-dealkylation sites (N-methyl/N-ethyl adjacent to an activating group) is 1. The molecule has 9 heteroatoms. The molecule has 4 N–H and O–H groups in total. The average Bonchev–Trinajstić information content (AvgIpc) is 2.79. The molecular formula is C26H29ClN2O6. The van der Waals surface area contributed by atoms with Crippen LogP contribution in [0.1, 0.15) is 31.7 Å². The van der Waals surface area contributed by atoms with E-state index < -0.39 is 35.2 Å². The molecular weight excluding hydrogens is 472 g/mol. The first-order valence-corrected chi connectivity index (χ1v) is 11.9. The monoisotopic (exact) mass is 500 g/mol. The Kier molecular flexibility index (Phi) is 7.07. The SMILES string of the molecule is CC(C)[C@H](N)C(=O)OC1CN(C)CCC1c1c(O)cc(O)c2c(=O)cc(-c3ccccc3Cl)oc12. The first-order chi connectivity index (χ1) is 16.6. The number of phenolic OH excluding ortho intramolecular Hbond substituents is 2. The van der Waals surface area contributed by atoms with Crippen LogP contribution in [0.15, 0.2) is 45.6 Å². The standard InChI is InChI=1S/C26H29ClN2O6/c1-13(2)24(28)26(33)35-21-12-29(3)9-8-15(21)22-17(30)10-18(31)23-19(32)11-20(34-25(22)23)14-6-4-5-7-16(14)27/h4-7,10-11,13,15,21,24,30-31H,8-9,12,28H2,1-3H3/t15?,21?,24-/m0/s1. The number of halogens is 1. The van der Waals surface area contributed by atoms with Crippen molar-refractivity contribution in [2.45, 2.75) is 38.3 Å². The van der Waals surface area contributed by atoms with E-state index in [9.17, 15) is 19.8 Å². The van der Waals surface area contributed by atoms with Gasteiger partial charge in [-0.25, -0.2) is 0 Å². The maximum absolute atomic E-state index is 13.1. The van der Waals surface area contributed by atoms with Crippen molar-refractivity contribution in [3.63, 3.8) is 0 Å². The van der Waals surface area contributed by atoms with Crippen LogP contribution in [-0.2, 0) is 9.53 Å². The number of phenols is 2. The van der Waals surface area contributed by atoms with Crippen LogP contribution in [0.4, 0.5) is 0 Å². The number of likely N-dealkylation sites (tertiary alicyclic amines) is 1. The predicted molar refractivity (Wildman–Crippen MR) is 134 cm³/mol. The lowest BCUT2D eigenvalue weighted by atomic mass is 9.85. The van der Waals surface area contributed by atoms with E-state index in [0.29, 0.717) is 35.7 Å². The number of esters is 1. The van der Waals surface area contributed by atoms with Crippen LogP contribution in [0, 0.1) is 5.92 Å². The first kappa shape index (κ1) is 25.0. The molecule has 0 spiro atoms. The highest BCUT2D eigenvalue weighted by Crippen LogP contribution is 2.43. The number of ether oxygens (including phenoxy) is 1. The highest BCUT2D eigenvalue weighted by atomic mass is 35.5. The van der Waals surface area contributed by atoms with Gasteiger partial charge in [-0.2, -0.15) is 0 Å². The molecule has 2 aromatic carbocycles. The number of carbonyl (C=O) groups excluding carboxylic acids is 1. The number of rotatable bonds is 5. The lowest BCUT2D eigenvalue weighted by molar-refractivity contribution is -0.155. The molecule has 4 rings (SSSR count). The maximum atomic E-state index is 13.1. The second-order valence-corrected chi connectivity index (χ2v) is 9.80. The van der Waals surface area contributed by atoms with Crippen LogP contribution in [0.5, 0.6) is 11.5 Å². The number of hydrogen-bond donors (Lipinski definition) is 3. The fraction of sp³-hybridized carbons (Fsp3) is 0.385. The molecule has 2 heterocycles. The van der Waals surface area contributed by atoms with Gasteiger partial charge < -0.3 is 30.0 Å². The topological polar surface area (TPSA) is 126 Å². The van der Waals surface area contributed by atoms with E-state index >= 15 is 0 Å². The van der Waals surface area contributed by atoms with Crippen LogP contribution < -0.4 is 11.2 Å². The Hall–Kier alpha value is -3.07. The zero-order chi connectivity index (χ0) is 25.4. The van der Waals surface area contributed by atoms with E-state index in [4.69, 9.17) is 26.5 Å². The molecule has 1 aliphatic heterocycles. The van der Waals surface area contributed by atoms with Gasteiger partial charge in [-0.15, -0.1) is 0 Å². The molecule has 0 saturated carbocycles. The third-order valence-electron chi connectivity index (χ3n) is 6.53. The summed E-state index contributed by atoms with van der Waals surface area (Å²) < 4.78 is 12.0. The molecule has 1 saturated heterocycles. The van der Waals surface area contributed by atoms with Crippen molar-refractivity contribution >= 4 is 28.5 Å². The summed E-state index contributed by atoms with van der Waals surface area (Å²) in [7, 11) is 1.91. The minimum atomic E-state index is -0.794. The number of piperidine rings is 1. The van der Waals surface area contributed by atoms with E-state index in [-0.39, 0.29) is 28.4 Å². The molecule has 0 bridgehead atoms. The van der Waals surface area contributed by atoms with Crippen molar-refractivity contribution in [2.24, 2.45) is 11.7 Å². The lowest BCUT2D eigenvalue weighted by Crippen LogP contribution is -2.46. The average molecular weight is 501 g/mol. The highest BCUT2D eigenvalue weighted by molar-refractivity contribution is 6.33. The quantitative estimate of drug-likeness (QED) is 0.451. The molecule has 1 aromatic heterocycles. The third kappa shape index (κ3) is 4.87. The Labute approximate surface area is 207 Å². The molecule has 35 heavy (non-hydrogen) atoms. The van der Waals surface area contributed by atoms with E-state index in [2.05, 4.69) is 0 Å². The van der Waals surface area contributed by atoms with Gasteiger partial charge >= 0.3 is 5.97 Å². The minimum Gasteiger partial charge on any atom is -0.507 e. The van der Waals surface area contributed by atoms with E-state index in [0.717, 1.165) is 6.07 Å². The smallest absolute Gasteiger partial charge is 0.323 e. The Bertz CT molecular complexity index is 1320. The molecule has 0 radical (unpaired) electrons. The zero-order valence-electron chi connectivity index (χ0n) is 19.8. The Morgan fingerprint density at radius 2 is 1.94 bits per heavy atom. The summed E-state index contributed by atoms with van der Waals surface area (Å²) >= 11 is 6.33. The van der Waals surface area contributed by atoms with Gasteiger partial charge in [0, 0.05) is 35.7 Å². The Morgan fingerprint density at radius 1 is 1.23 bits per heavy atom. The second kappa shape index (κ2) is 9.89. The summed E-state index contributed by atoms with van der Waals surface area (Å²) in [6.07, 6.45) is -0.141. The largest absolute Gasteiger partial charge is 0.507 e. The third-order valence-corrected chi connectivity index (χ3v) is 6.86. The van der Waals surface area contributed by atoms with E-state index in [1.807, 2.05) is 25.8 Å². The molecule has 1 aliphatic rings. The number of fused-ring (bicyclic) bond motifs is 1. The van der Waals surface area contributed by atoms with Crippen LogP contribution in [0.2, 0.25) is 5.02 Å². The van der Waals surface area contributed by atoms with Crippen LogP contribution in [-0.4, -0.2) is 53.4 Å². The summed E-state index contributed by atoms with van der Waals surface area (Å²) in [5.74, 6) is -1.60. The zero-order valence-corrected chi connectivity index (χ0v) is 20.6. The van der Waals surface area contributed by atoms with Crippen molar-refractivity contribution in [1.82, 2.24) is 4.90 Å². The summed E-state index contributed by atoms with van der Waals surface area (Å²) in [6.45, 7) is 4.73. The maximum Gasteiger partial charge on any atom is 0.323 e. The summed E-state index contributed by atoms with van der Waals surface area (Å²) in [4.78, 5) is 27.8. The van der Waals surface area contributed by atoms with Crippen molar-refractivity contribution in [3.8, 4) is 22.8 Å². The van der Waals surface area contributed by atoms with Gasteiger partial charge in [0.25, 0.3) is 0 Å². The van der Waals surface area contributed by atoms with Crippen molar-refractivity contribution in [1.29, 1.82) is 0 Å². The van der Waals surface area contributed by atoms with E-state index in [1.54, 1.807) is 24.3 Å². The summed E-state index contributed by atoms with van der Waals surface area (Å²) in [5, 5.41) is 21.8. The van der Waals surface area contributed by atoms with Gasteiger partial charge in [-0.05, 0) is 38.1 Å². The molecule has 1 fully saturated rings. The molecule has 0 aliphatic carbocycles. The molecule has 3 atom stereocenters. The summed E-state index contributed by atoms with van der Waals surface area (Å²) in [6, 6.07) is 8.50. The number of nitrogens with two attached hydrogens (primary N) is 1. The van der Waals surface area contributed by atoms with Gasteiger partial charge in [0.1, 0.15) is 40.4 Å². The van der Waals surface area contributed by atoms with Gasteiger partial charge in [-0.1, -0.05) is 37.6 Å². The van der Waals surface area contributed by atoms with Crippen molar-refractivity contribution < 1.29 is 24.2 Å². The fourth-order valence-electron chi connectivity index (χ4n) is 4.49. The van der Waals surface area contributed by atoms with Gasteiger partial charge in [0.05, 0.1) is 5.02 Å². The molecule has 0 amide bonds. The van der Waals surface area contributed by atoms with Crippen molar-refractivity contribution in [2.75, 3.05) is 20.1 Å². The van der Waals surface area contributed by atoms with Crippen LogP contribution in [0.3, 0.4) is 0 Å². The summed E-state index contributed by atoms with van der Waals surface area (Å²) in [5.41, 5.74) is 6.36. The second-order valence-electron chi connectivity index (χ2n) is 9.39. The minimum absolute atomic E-state index is 0.0358. The number of hydrogen-bond acceptors (Lipinski definition) is 8. The Morgan fingerprint density at radius 3 is 2.63 bits per heavy atom. The number of nitrogens with zero attached hydrogens (tertiary/aromatic N) is 1. The fourth-order valence-corrected chi connectivity index (χ4v) is 4.72. The Balaban J connectivity index is 1.88. The number of aromatic hydroxyl groups is 2. The number of carbonyl (C=O) groups is 1. The lowest BCUT2D eigenvalue weighted by Gasteiger charge is -2.37. The van der Waals surface area contributed by atoms with Crippen molar-refractivity contribution in [3.05, 3.63) is 57.2 Å². The van der Waals surface area contributed by atoms with Gasteiger partial charge in [0.2, 0.25) is 0 Å². The molecule has 186 valence electrons. The highest BCUT2D eigenvalue weighted by Gasteiger charge is 2.37. The van der Waals surface area contributed by atoms with Gasteiger partial charge in [0.15, 0.2) is 5.43 Å². The van der Waals surface area contributed by atoms with Crippen LogP contribution in [0.25, 0.3) is 22.3 Å². The number of benzene rings is 2. The normalized spacial score (nSPS) is 19.7. The van der Waals surface area contributed by atoms with E-state index in [1.165, 1.54) is 6.07 Å². The van der Waals surface area contributed by atoms with Crippen LogP contribution >= 0.6 is 11.6 Å². The predicted octanol–water partition coefficient (Wildman–Crippen LogP) is 3.84. The molecule has 2 unspecified atom stereocenters.